The number of ether oxygens (including phenoxy) is 2. The molecule has 0 saturated carbocycles. The third kappa shape index (κ3) is 6.91. The Morgan fingerprint density at radius 3 is 2.77 bits per heavy atom. The standard InChI is InChI=1S/C20H18ClFN4O3S2/c1-12-24-26-20(31-12)30-11-18(27)25-23-9-14-7-16(21)19(17(8-14)28-2)29-10-13-3-5-15(22)6-4-13/h3-9H,10-11H2,1-2H3,(H,25,27). The lowest BCUT2D eigenvalue weighted by atomic mass is 10.2. The fourth-order valence-electron chi connectivity index (χ4n) is 2.37. The van der Waals surface area contributed by atoms with Gasteiger partial charge >= 0.3 is 0 Å². The number of rotatable bonds is 9. The SMILES string of the molecule is COc1cc(C=NNC(=O)CSc2nnc(C)s2)cc(Cl)c1OCc1ccc(F)cc1. The number of aryl methyl sites for hydroxylation is 1. The molecule has 0 fully saturated rings. The summed E-state index contributed by atoms with van der Waals surface area (Å²) in [6.45, 7) is 2.05. The van der Waals surface area contributed by atoms with Crippen LogP contribution in [0.4, 0.5) is 4.39 Å². The van der Waals surface area contributed by atoms with Crippen LogP contribution < -0.4 is 14.9 Å². The number of hydrogen-bond acceptors (Lipinski definition) is 8. The van der Waals surface area contributed by atoms with E-state index in [0.29, 0.717) is 22.1 Å². The molecule has 2 aromatic carbocycles. The van der Waals surface area contributed by atoms with Crippen LogP contribution in [0, 0.1) is 12.7 Å². The Labute approximate surface area is 191 Å². The summed E-state index contributed by atoms with van der Waals surface area (Å²) >= 11 is 9.05. The van der Waals surface area contributed by atoms with Crippen molar-refractivity contribution in [2.45, 2.75) is 17.9 Å². The highest BCUT2D eigenvalue weighted by atomic mass is 35.5. The van der Waals surface area contributed by atoms with E-state index in [9.17, 15) is 9.18 Å². The monoisotopic (exact) mass is 480 g/mol. The first-order chi connectivity index (χ1) is 14.9. The molecule has 162 valence electrons. The summed E-state index contributed by atoms with van der Waals surface area (Å²) in [5.41, 5.74) is 3.85. The Balaban J connectivity index is 1.57. The van der Waals surface area contributed by atoms with Gasteiger partial charge in [0, 0.05) is 0 Å². The van der Waals surface area contributed by atoms with Crippen LogP contribution >= 0.6 is 34.7 Å². The number of hydrazone groups is 1. The Kier molecular flexibility index (Phi) is 8.21. The number of nitrogens with one attached hydrogen (secondary N) is 1. The quantitative estimate of drug-likeness (QED) is 0.276. The summed E-state index contributed by atoms with van der Waals surface area (Å²) in [4.78, 5) is 11.9. The number of carbonyl (C=O) groups is 1. The molecule has 7 nitrogen and oxygen atoms in total. The second kappa shape index (κ2) is 11.1. The fraction of sp³-hybridized carbons (Fsp3) is 0.200. The maximum Gasteiger partial charge on any atom is 0.250 e. The van der Waals surface area contributed by atoms with Gasteiger partial charge in [0.2, 0.25) is 0 Å². The molecule has 3 aromatic rings. The maximum atomic E-state index is 13.0. The topological polar surface area (TPSA) is 85.7 Å². The van der Waals surface area contributed by atoms with Gasteiger partial charge in [-0.2, -0.15) is 5.10 Å². The second-order valence-electron chi connectivity index (χ2n) is 6.12. The molecule has 1 heterocycles. The van der Waals surface area contributed by atoms with Crippen LogP contribution in [-0.4, -0.2) is 35.2 Å². The van der Waals surface area contributed by atoms with Crippen molar-refractivity contribution in [3.63, 3.8) is 0 Å². The van der Waals surface area contributed by atoms with Crippen molar-refractivity contribution in [1.82, 2.24) is 15.6 Å². The minimum Gasteiger partial charge on any atom is -0.493 e. The molecule has 0 aliphatic rings. The van der Waals surface area contributed by atoms with E-state index in [1.165, 1.54) is 48.6 Å². The average molecular weight is 481 g/mol. The third-order valence-electron chi connectivity index (χ3n) is 3.79. The molecular weight excluding hydrogens is 463 g/mol. The summed E-state index contributed by atoms with van der Waals surface area (Å²) in [6.07, 6.45) is 1.45. The summed E-state index contributed by atoms with van der Waals surface area (Å²) in [5, 5.41) is 13.0. The average Bonchev–Trinajstić information content (AvgIpc) is 3.17. The predicted octanol–water partition coefficient (Wildman–Crippen LogP) is 4.47. The lowest BCUT2D eigenvalue weighted by Crippen LogP contribution is -2.19. The zero-order valence-corrected chi connectivity index (χ0v) is 19.0. The van der Waals surface area contributed by atoms with Gasteiger partial charge < -0.3 is 9.47 Å². The van der Waals surface area contributed by atoms with Crippen molar-refractivity contribution in [2.24, 2.45) is 5.10 Å². The molecule has 3 rings (SSSR count). The highest BCUT2D eigenvalue weighted by molar-refractivity contribution is 8.01. The van der Waals surface area contributed by atoms with E-state index in [1.807, 2.05) is 6.92 Å². The molecule has 0 radical (unpaired) electrons. The van der Waals surface area contributed by atoms with Crippen molar-refractivity contribution >= 4 is 46.8 Å². The lowest BCUT2D eigenvalue weighted by Gasteiger charge is -2.13. The van der Waals surface area contributed by atoms with Gasteiger partial charge in [-0.25, -0.2) is 9.82 Å². The number of methoxy groups -OCH3 is 1. The zero-order valence-electron chi connectivity index (χ0n) is 16.6. The zero-order chi connectivity index (χ0) is 22.2. The van der Waals surface area contributed by atoms with Crippen LogP contribution in [0.25, 0.3) is 0 Å². The van der Waals surface area contributed by atoms with Gasteiger partial charge in [-0.15, -0.1) is 10.2 Å². The van der Waals surface area contributed by atoms with E-state index in [1.54, 1.807) is 24.3 Å². The van der Waals surface area contributed by atoms with Crippen LogP contribution in [0.2, 0.25) is 5.02 Å². The summed E-state index contributed by atoms with van der Waals surface area (Å²) in [5.74, 6) is 0.352. The number of nitrogens with zero attached hydrogens (tertiary/aromatic N) is 3. The van der Waals surface area contributed by atoms with E-state index in [0.717, 1.165) is 14.9 Å². The first-order valence-corrected chi connectivity index (χ1v) is 11.1. The van der Waals surface area contributed by atoms with Crippen molar-refractivity contribution in [2.75, 3.05) is 12.9 Å². The summed E-state index contributed by atoms with van der Waals surface area (Å²) in [6, 6.07) is 9.30. The molecule has 0 unspecified atom stereocenters. The molecule has 1 N–H and O–H groups in total. The van der Waals surface area contributed by atoms with E-state index < -0.39 is 0 Å². The Hall–Kier alpha value is -2.69. The molecule has 0 atom stereocenters. The van der Waals surface area contributed by atoms with Gasteiger partial charge in [0.15, 0.2) is 15.8 Å². The minimum absolute atomic E-state index is 0.173. The largest absolute Gasteiger partial charge is 0.493 e. The van der Waals surface area contributed by atoms with Gasteiger partial charge in [0.05, 0.1) is 24.1 Å². The summed E-state index contributed by atoms with van der Waals surface area (Å²) in [7, 11) is 1.49. The lowest BCUT2D eigenvalue weighted by molar-refractivity contribution is -0.118. The van der Waals surface area contributed by atoms with E-state index in [4.69, 9.17) is 21.1 Å². The van der Waals surface area contributed by atoms with Crippen molar-refractivity contribution < 1.29 is 18.7 Å². The van der Waals surface area contributed by atoms with Crippen LogP contribution in [0.1, 0.15) is 16.1 Å². The van der Waals surface area contributed by atoms with Gasteiger partial charge in [-0.05, 0) is 42.3 Å². The Morgan fingerprint density at radius 2 is 2.10 bits per heavy atom. The Morgan fingerprint density at radius 1 is 1.32 bits per heavy atom. The number of hydrogen-bond donors (Lipinski definition) is 1. The fourth-order valence-corrected chi connectivity index (χ4v) is 4.25. The van der Waals surface area contributed by atoms with Crippen LogP contribution in [0.15, 0.2) is 45.8 Å². The van der Waals surface area contributed by atoms with Crippen molar-refractivity contribution in [3.05, 3.63) is 63.4 Å². The summed E-state index contributed by atoms with van der Waals surface area (Å²) < 4.78 is 24.9. The molecule has 0 bridgehead atoms. The number of amides is 1. The van der Waals surface area contributed by atoms with Gasteiger partial charge in [0.1, 0.15) is 17.4 Å². The maximum absolute atomic E-state index is 13.0. The number of halogens is 2. The van der Waals surface area contributed by atoms with E-state index >= 15 is 0 Å². The first-order valence-electron chi connectivity index (χ1n) is 8.94. The molecule has 1 amide bonds. The molecule has 0 aliphatic heterocycles. The van der Waals surface area contributed by atoms with Crippen LogP contribution in [0.3, 0.4) is 0 Å². The van der Waals surface area contributed by atoms with Gasteiger partial charge in [-0.3, -0.25) is 4.79 Å². The number of aromatic nitrogens is 2. The van der Waals surface area contributed by atoms with E-state index in [-0.39, 0.29) is 24.1 Å². The molecule has 1 aromatic heterocycles. The molecule has 0 spiro atoms. The number of benzene rings is 2. The van der Waals surface area contributed by atoms with Crippen LogP contribution in [-0.2, 0) is 11.4 Å². The number of carbonyl (C=O) groups excluding carboxylic acids is 1. The smallest absolute Gasteiger partial charge is 0.250 e. The first kappa shape index (κ1) is 23.0. The third-order valence-corrected chi connectivity index (χ3v) is 6.04. The molecule has 0 aliphatic carbocycles. The second-order valence-corrected chi connectivity index (χ2v) is 8.93. The number of thioether (sulfide) groups is 1. The van der Waals surface area contributed by atoms with Crippen molar-refractivity contribution in [3.8, 4) is 11.5 Å². The molecular formula is C20H18ClFN4O3S2. The Bertz CT molecular complexity index is 1080. The molecule has 31 heavy (non-hydrogen) atoms. The normalized spacial score (nSPS) is 11.0. The van der Waals surface area contributed by atoms with Crippen molar-refractivity contribution in [1.29, 1.82) is 0 Å². The van der Waals surface area contributed by atoms with Gasteiger partial charge in [0.25, 0.3) is 5.91 Å². The predicted molar refractivity (Wildman–Crippen MR) is 120 cm³/mol. The highest BCUT2D eigenvalue weighted by Gasteiger charge is 2.12. The molecule has 0 saturated heterocycles. The van der Waals surface area contributed by atoms with Crippen LogP contribution in [0.5, 0.6) is 11.5 Å². The van der Waals surface area contributed by atoms with E-state index in [2.05, 4.69) is 20.7 Å². The highest BCUT2D eigenvalue weighted by Crippen LogP contribution is 2.36. The molecule has 11 heteroatoms. The van der Waals surface area contributed by atoms with Gasteiger partial charge in [-0.1, -0.05) is 46.8 Å². The minimum atomic E-state index is -0.316.